The molecule has 0 saturated heterocycles. The number of methoxy groups -OCH3 is 1. The predicted molar refractivity (Wildman–Crippen MR) is 69.3 cm³/mol. The molecule has 1 N–H and O–H groups in total. The van der Waals surface area contributed by atoms with Gasteiger partial charge in [0, 0.05) is 19.1 Å². The fourth-order valence-corrected chi connectivity index (χ4v) is 1.53. The molecule has 1 heterocycles. The van der Waals surface area contributed by atoms with Crippen molar-refractivity contribution in [2.45, 2.75) is 33.0 Å². The maximum absolute atomic E-state index is 5.33. The Bertz CT molecular complexity index is 333. The molecular weight excluding hydrogens is 216 g/mol. The van der Waals surface area contributed by atoms with Crippen molar-refractivity contribution in [1.29, 1.82) is 0 Å². The first-order chi connectivity index (χ1) is 8.04. The predicted octanol–water partition coefficient (Wildman–Crippen LogP) is 0.951. The van der Waals surface area contributed by atoms with Gasteiger partial charge in [0.05, 0.1) is 25.5 Å². The Kier molecular flexibility index (Phi) is 5.44. The molecule has 0 saturated carbocycles. The summed E-state index contributed by atoms with van der Waals surface area (Å²) in [6, 6.07) is 0.455. The Morgan fingerprint density at radius 2 is 2.18 bits per heavy atom. The third-order valence-electron chi connectivity index (χ3n) is 2.57. The van der Waals surface area contributed by atoms with Crippen molar-refractivity contribution < 1.29 is 4.74 Å². The molecule has 1 aromatic rings. The smallest absolute Gasteiger partial charge is 0.161 e. The highest BCUT2D eigenvalue weighted by atomic mass is 16.5. The van der Waals surface area contributed by atoms with E-state index in [2.05, 4.69) is 43.3 Å². The highest BCUT2D eigenvalue weighted by Gasteiger charge is 2.11. The molecule has 0 spiro atoms. The van der Waals surface area contributed by atoms with Gasteiger partial charge in [-0.15, -0.1) is 0 Å². The fraction of sp³-hybridized carbons (Fsp3) is 0.750. The molecule has 0 amide bonds. The lowest BCUT2D eigenvalue weighted by Gasteiger charge is -2.14. The number of likely N-dealkylation sites (N-methyl/N-ethyl adjacent to an activating group) is 1. The second-order valence-corrected chi connectivity index (χ2v) is 4.72. The second kappa shape index (κ2) is 6.61. The van der Waals surface area contributed by atoms with Crippen molar-refractivity contribution in [1.82, 2.24) is 20.0 Å². The highest BCUT2D eigenvalue weighted by Crippen LogP contribution is 2.17. The molecule has 5 heteroatoms. The molecule has 0 fully saturated rings. The van der Waals surface area contributed by atoms with Crippen LogP contribution < -0.4 is 10.1 Å². The number of hydrogen-bond acceptors (Lipinski definition) is 4. The van der Waals surface area contributed by atoms with Gasteiger partial charge in [0.2, 0.25) is 0 Å². The van der Waals surface area contributed by atoms with Crippen LogP contribution in [0.15, 0.2) is 6.20 Å². The van der Waals surface area contributed by atoms with Crippen LogP contribution in [0.3, 0.4) is 0 Å². The first-order valence-electron chi connectivity index (χ1n) is 6.01. The van der Waals surface area contributed by atoms with E-state index in [1.807, 2.05) is 4.68 Å². The van der Waals surface area contributed by atoms with Gasteiger partial charge >= 0.3 is 0 Å². The molecule has 17 heavy (non-hydrogen) atoms. The van der Waals surface area contributed by atoms with Crippen molar-refractivity contribution in [3.05, 3.63) is 11.9 Å². The van der Waals surface area contributed by atoms with Gasteiger partial charge in [0.1, 0.15) is 0 Å². The Labute approximate surface area is 104 Å². The SMILES string of the molecule is COc1cnn(CCN(C)C)c1CNC(C)C. The van der Waals surface area contributed by atoms with Gasteiger partial charge in [-0.3, -0.25) is 4.68 Å². The number of ether oxygens (including phenoxy) is 1. The summed E-state index contributed by atoms with van der Waals surface area (Å²) < 4.78 is 7.34. The van der Waals surface area contributed by atoms with E-state index in [0.717, 1.165) is 31.1 Å². The Morgan fingerprint density at radius 1 is 1.47 bits per heavy atom. The zero-order valence-electron chi connectivity index (χ0n) is 11.5. The topological polar surface area (TPSA) is 42.3 Å². The summed E-state index contributed by atoms with van der Waals surface area (Å²) in [5.74, 6) is 0.858. The Balaban J connectivity index is 2.71. The van der Waals surface area contributed by atoms with Crippen LogP contribution in [0.25, 0.3) is 0 Å². The summed E-state index contributed by atoms with van der Waals surface area (Å²) in [5.41, 5.74) is 1.11. The lowest BCUT2D eigenvalue weighted by molar-refractivity contribution is 0.362. The van der Waals surface area contributed by atoms with E-state index in [9.17, 15) is 0 Å². The van der Waals surface area contributed by atoms with Gasteiger partial charge in [-0.05, 0) is 14.1 Å². The normalized spacial score (nSPS) is 11.5. The summed E-state index contributed by atoms with van der Waals surface area (Å²) in [6.07, 6.45) is 1.78. The first-order valence-corrected chi connectivity index (χ1v) is 6.01. The van der Waals surface area contributed by atoms with Crippen LogP contribution in [0.5, 0.6) is 5.75 Å². The van der Waals surface area contributed by atoms with E-state index in [0.29, 0.717) is 6.04 Å². The molecule has 5 nitrogen and oxygen atoms in total. The molecule has 1 rings (SSSR count). The van der Waals surface area contributed by atoms with Crippen molar-refractivity contribution in [2.24, 2.45) is 0 Å². The van der Waals surface area contributed by atoms with Crippen LogP contribution >= 0.6 is 0 Å². The van der Waals surface area contributed by atoms with E-state index >= 15 is 0 Å². The lowest BCUT2D eigenvalue weighted by Crippen LogP contribution is -2.26. The van der Waals surface area contributed by atoms with Crippen LogP contribution in [-0.4, -0.2) is 48.5 Å². The number of nitrogens with zero attached hydrogens (tertiary/aromatic N) is 3. The molecule has 0 aromatic carbocycles. The maximum Gasteiger partial charge on any atom is 0.161 e. The third kappa shape index (κ3) is 4.36. The molecule has 0 radical (unpaired) electrons. The van der Waals surface area contributed by atoms with Crippen LogP contribution in [0.4, 0.5) is 0 Å². The summed E-state index contributed by atoms with van der Waals surface area (Å²) in [7, 11) is 5.81. The van der Waals surface area contributed by atoms with Crippen molar-refractivity contribution in [3.63, 3.8) is 0 Å². The Morgan fingerprint density at radius 3 is 2.71 bits per heavy atom. The summed E-state index contributed by atoms with van der Waals surface area (Å²) in [5, 5.41) is 7.76. The standard InChI is InChI=1S/C12H24N4O/c1-10(2)13-8-11-12(17-5)9-14-16(11)7-6-15(3)4/h9-10,13H,6-8H2,1-5H3. The highest BCUT2D eigenvalue weighted by molar-refractivity contribution is 5.25. The van der Waals surface area contributed by atoms with Gasteiger partial charge < -0.3 is 15.0 Å². The van der Waals surface area contributed by atoms with Gasteiger partial charge in [-0.2, -0.15) is 5.10 Å². The Hall–Kier alpha value is -1.07. The van der Waals surface area contributed by atoms with Gasteiger partial charge in [0.25, 0.3) is 0 Å². The van der Waals surface area contributed by atoms with E-state index in [1.54, 1.807) is 13.3 Å². The second-order valence-electron chi connectivity index (χ2n) is 4.72. The molecule has 0 bridgehead atoms. The van der Waals surface area contributed by atoms with Crippen molar-refractivity contribution >= 4 is 0 Å². The molecule has 0 aliphatic carbocycles. The molecule has 0 atom stereocenters. The molecule has 0 unspecified atom stereocenters. The van der Waals surface area contributed by atoms with E-state index in [1.165, 1.54) is 0 Å². The molecular formula is C12H24N4O. The van der Waals surface area contributed by atoms with E-state index in [-0.39, 0.29) is 0 Å². The van der Waals surface area contributed by atoms with Crippen LogP contribution in [0, 0.1) is 0 Å². The maximum atomic E-state index is 5.33. The van der Waals surface area contributed by atoms with Crippen LogP contribution in [0.2, 0.25) is 0 Å². The van der Waals surface area contributed by atoms with Crippen LogP contribution in [-0.2, 0) is 13.1 Å². The van der Waals surface area contributed by atoms with E-state index < -0.39 is 0 Å². The number of nitrogens with one attached hydrogen (secondary N) is 1. The molecule has 98 valence electrons. The molecule has 0 aliphatic rings. The van der Waals surface area contributed by atoms with Crippen LogP contribution in [0.1, 0.15) is 19.5 Å². The minimum atomic E-state index is 0.455. The summed E-state index contributed by atoms with van der Waals surface area (Å²) in [6.45, 7) is 6.90. The quantitative estimate of drug-likeness (QED) is 0.770. The molecule has 1 aromatic heterocycles. The zero-order chi connectivity index (χ0) is 12.8. The number of aromatic nitrogens is 2. The molecule has 0 aliphatic heterocycles. The van der Waals surface area contributed by atoms with Gasteiger partial charge in [-0.1, -0.05) is 13.8 Å². The van der Waals surface area contributed by atoms with Crippen molar-refractivity contribution in [3.8, 4) is 5.75 Å². The zero-order valence-corrected chi connectivity index (χ0v) is 11.5. The average molecular weight is 240 g/mol. The number of hydrogen-bond donors (Lipinski definition) is 1. The lowest BCUT2D eigenvalue weighted by atomic mass is 10.3. The monoisotopic (exact) mass is 240 g/mol. The third-order valence-corrected chi connectivity index (χ3v) is 2.57. The van der Waals surface area contributed by atoms with Crippen molar-refractivity contribution in [2.75, 3.05) is 27.7 Å². The number of rotatable bonds is 7. The average Bonchev–Trinajstić information content (AvgIpc) is 2.65. The minimum absolute atomic E-state index is 0.455. The minimum Gasteiger partial charge on any atom is -0.493 e. The fourth-order valence-electron chi connectivity index (χ4n) is 1.53. The summed E-state index contributed by atoms with van der Waals surface area (Å²) >= 11 is 0. The summed E-state index contributed by atoms with van der Waals surface area (Å²) in [4.78, 5) is 2.15. The van der Waals surface area contributed by atoms with Gasteiger partial charge in [0.15, 0.2) is 5.75 Å². The van der Waals surface area contributed by atoms with E-state index in [4.69, 9.17) is 4.74 Å². The first kappa shape index (κ1) is 14.0. The van der Waals surface area contributed by atoms with Gasteiger partial charge in [-0.25, -0.2) is 0 Å². The largest absolute Gasteiger partial charge is 0.493 e.